The van der Waals surface area contributed by atoms with Crippen LogP contribution in [0.2, 0.25) is 5.82 Å². The van der Waals surface area contributed by atoms with Gasteiger partial charge in [-0.2, -0.15) is 13.2 Å². The number of hydrogen-bond acceptors (Lipinski definition) is 6. The topological polar surface area (TPSA) is 155 Å². The summed E-state index contributed by atoms with van der Waals surface area (Å²) in [6.07, 6.45) is -1.99. The number of nitrogens with one attached hydrogen (secondary N) is 2. The Morgan fingerprint density at radius 2 is 1.86 bits per heavy atom. The van der Waals surface area contributed by atoms with Gasteiger partial charge in [0.1, 0.15) is 6.04 Å². The lowest BCUT2D eigenvalue weighted by molar-refractivity contribution is -0.889. The van der Waals surface area contributed by atoms with E-state index in [1.54, 1.807) is 6.07 Å². The number of nitrogens with two attached hydrogens (primary N) is 1. The second kappa shape index (κ2) is 16.1. The predicted molar refractivity (Wildman–Crippen MR) is 164 cm³/mol. The van der Waals surface area contributed by atoms with Gasteiger partial charge in [0, 0.05) is 22.5 Å². The van der Waals surface area contributed by atoms with Crippen molar-refractivity contribution in [2.75, 3.05) is 45.8 Å². The van der Waals surface area contributed by atoms with E-state index in [9.17, 15) is 22.8 Å². The molecule has 1 heterocycles. The first-order valence-corrected chi connectivity index (χ1v) is 14.1. The zero-order valence-corrected chi connectivity index (χ0v) is 24.8. The number of hydrogen-bond donors (Lipinski definition) is 3. The number of anilines is 1. The van der Waals surface area contributed by atoms with E-state index >= 15 is 0 Å². The number of rotatable bonds is 16. The summed E-state index contributed by atoms with van der Waals surface area (Å²) in [6.45, 7) is 1.57. The van der Waals surface area contributed by atoms with Crippen molar-refractivity contribution < 1.29 is 31.9 Å². The van der Waals surface area contributed by atoms with Gasteiger partial charge < -0.3 is 25.5 Å². The van der Waals surface area contributed by atoms with Crippen LogP contribution in [0.5, 0.6) is 0 Å². The number of benzene rings is 2. The van der Waals surface area contributed by atoms with Crippen LogP contribution in [0.15, 0.2) is 65.9 Å². The Bertz CT molecular complexity index is 1450. The van der Waals surface area contributed by atoms with Crippen LogP contribution in [-0.4, -0.2) is 75.3 Å². The summed E-state index contributed by atoms with van der Waals surface area (Å²) < 4.78 is 45.3. The molecule has 0 unspecified atom stereocenters. The number of likely N-dealkylation sites (N-methyl/N-ethyl adjacent to an activating group) is 1. The lowest BCUT2D eigenvalue weighted by Crippen LogP contribution is -2.47. The van der Waals surface area contributed by atoms with Gasteiger partial charge in [-0.15, -0.1) is 0 Å². The highest BCUT2D eigenvalue weighted by molar-refractivity contribution is 6.37. The molecule has 2 amide bonds. The highest BCUT2D eigenvalue weighted by Gasteiger charge is 2.31. The molecule has 0 aliphatic heterocycles. The van der Waals surface area contributed by atoms with E-state index in [0.29, 0.717) is 48.2 Å². The number of carbonyl (C=O) groups excluding carboxylic acids is 2. The number of aromatic nitrogens is 1. The molecule has 15 heteroatoms. The standard InChI is InChI=1S/C29H36BF3N8O3/c1-41(2,15-13-37-40-35)14-5-7-24(30-44-19-34)27(42)39-26(16-20-9-11-22(12-10-20)29(31,32)33)28(43)38-23-17-21-6-3-4-8-25(21)36-18-23/h3-4,6,8-12,17-18,24,26,30H,5,7,13-16,19,34H2,1-2H3,(H-,38,39,42,43)/p+1/t24-,26+/m0/s1. The fourth-order valence-corrected chi connectivity index (χ4v) is 4.67. The first kappa shape index (κ1) is 34.3. The van der Waals surface area contributed by atoms with E-state index < -0.39 is 35.4 Å². The summed E-state index contributed by atoms with van der Waals surface area (Å²) in [7, 11) is 4.01. The molecule has 0 saturated heterocycles. The summed E-state index contributed by atoms with van der Waals surface area (Å²) in [4.78, 5) is 34.1. The van der Waals surface area contributed by atoms with Crippen molar-refractivity contribution in [2.24, 2.45) is 10.8 Å². The van der Waals surface area contributed by atoms with Gasteiger partial charge >= 0.3 is 6.18 Å². The molecule has 3 rings (SSSR count). The minimum atomic E-state index is -4.50. The summed E-state index contributed by atoms with van der Waals surface area (Å²) >= 11 is 0. The van der Waals surface area contributed by atoms with Crippen LogP contribution in [-0.2, 0) is 26.8 Å². The van der Waals surface area contributed by atoms with Crippen LogP contribution in [0.3, 0.4) is 0 Å². The number of fused-ring (bicyclic) bond motifs is 1. The zero-order chi connectivity index (χ0) is 32.2. The first-order chi connectivity index (χ1) is 20.9. The lowest BCUT2D eigenvalue weighted by atomic mass is 9.75. The minimum absolute atomic E-state index is 0.0255. The molecule has 0 radical (unpaired) electrons. The molecule has 0 saturated carbocycles. The molecule has 0 spiro atoms. The highest BCUT2D eigenvalue weighted by Crippen LogP contribution is 2.29. The van der Waals surface area contributed by atoms with Crippen LogP contribution in [0.4, 0.5) is 18.9 Å². The average molecular weight is 613 g/mol. The third kappa shape index (κ3) is 10.8. The SMILES string of the molecule is C[N+](C)(CCC[C@H](BOCN)C(=O)N[C@H](Cc1ccc(C(F)(F)F)cc1)C(=O)Nc1cnc2ccccc2c1)CCN=[N+]=[N-]. The number of azide groups is 1. The number of halogens is 3. The Kier molecular flexibility index (Phi) is 12.5. The molecule has 0 aliphatic carbocycles. The predicted octanol–water partition coefficient (Wildman–Crippen LogP) is 4.16. The first-order valence-electron chi connectivity index (χ1n) is 14.1. The van der Waals surface area contributed by atoms with Gasteiger partial charge in [0.05, 0.1) is 63.4 Å². The summed E-state index contributed by atoms with van der Waals surface area (Å²) in [5.41, 5.74) is 14.8. The summed E-state index contributed by atoms with van der Waals surface area (Å²) in [5.74, 6) is -1.63. The molecular formula is C29H37BF3N8O3+. The Hall–Kier alpha value is -4.17. The lowest BCUT2D eigenvalue weighted by Gasteiger charge is -2.30. The van der Waals surface area contributed by atoms with Crippen LogP contribution < -0.4 is 16.4 Å². The maximum absolute atomic E-state index is 13.5. The van der Waals surface area contributed by atoms with Crippen molar-refractivity contribution >= 4 is 35.9 Å². The highest BCUT2D eigenvalue weighted by atomic mass is 19.4. The van der Waals surface area contributed by atoms with Gasteiger partial charge in [-0.3, -0.25) is 14.6 Å². The van der Waals surface area contributed by atoms with Gasteiger partial charge in [-0.1, -0.05) is 35.4 Å². The largest absolute Gasteiger partial charge is 0.427 e. The van der Waals surface area contributed by atoms with Crippen LogP contribution in [0.25, 0.3) is 21.3 Å². The van der Waals surface area contributed by atoms with E-state index in [-0.39, 0.29) is 20.6 Å². The second-order valence-electron chi connectivity index (χ2n) is 11.1. The molecule has 11 nitrogen and oxygen atoms in total. The number of quaternary nitrogens is 1. The smallest absolute Gasteiger partial charge is 0.416 e. The Balaban J connectivity index is 1.77. The quantitative estimate of drug-likeness (QED) is 0.0553. The van der Waals surface area contributed by atoms with E-state index in [4.69, 9.17) is 15.9 Å². The minimum Gasteiger partial charge on any atom is -0.427 e. The van der Waals surface area contributed by atoms with Crippen LogP contribution in [0.1, 0.15) is 24.0 Å². The summed E-state index contributed by atoms with van der Waals surface area (Å²) in [6, 6.07) is 12.5. The molecular weight excluding hydrogens is 576 g/mol. The molecule has 4 N–H and O–H groups in total. The number of pyridine rings is 1. The Morgan fingerprint density at radius 1 is 1.14 bits per heavy atom. The third-order valence-electron chi connectivity index (χ3n) is 7.20. The summed E-state index contributed by atoms with van der Waals surface area (Å²) in [5, 5.41) is 9.95. The molecule has 234 valence electrons. The molecule has 2 atom stereocenters. The van der Waals surface area contributed by atoms with E-state index in [1.807, 2.05) is 38.4 Å². The van der Waals surface area contributed by atoms with Crippen molar-refractivity contribution in [3.8, 4) is 0 Å². The van der Waals surface area contributed by atoms with Crippen molar-refractivity contribution in [1.29, 1.82) is 0 Å². The van der Waals surface area contributed by atoms with Crippen molar-refractivity contribution in [1.82, 2.24) is 10.3 Å². The Labute approximate surface area is 254 Å². The van der Waals surface area contributed by atoms with Crippen LogP contribution >= 0.6 is 0 Å². The third-order valence-corrected chi connectivity index (χ3v) is 7.20. The fraction of sp³-hybridized carbons (Fsp3) is 0.414. The molecule has 0 bridgehead atoms. The van der Waals surface area contributed by atoms with Crippen LogP contribution in [0, 0.1) is 0 Å². The maximum atomic E-state index is 13.5. The molecule has 3 aromatic rings. The number of alkyl halides is 3. The van der Waals surface area contributed by atoms with E-state index in [1.165, 1.54) is 18.3 Å². The average Bonchev–Trinajstić information content (AvgIpc) is 2.98. The van der Waals surface area contributed by atoms with E-state index in [2.05, 4.69) is 25.6 Å². The number of para-hydroxylation sites is 1. The monoisotopic (exact) mass is 613 g/mol. The van der Waals surface area contributed by atoms with Gasteiger partial charge in [-0.25, -0.2) is 0 Å². The van der Waals surface area contributed by atoms with E-state index in [0.717, 1.165) is 23.0 Å². The van der Waals surface area contributed by atoms with Gasteiger partial charge in [0.25, 0.3) is 7.48 Å². The molecule has 44 heavy (non-hydrogen) atoms. The number of nitrogens with zero attached hydrogens (tertiary/aromatic N) is 5. The molecule has 2 aromatic carbocycles. The zero-order valence-electron chi connectivity index (χ0n) is 24.8. The van der Waals surface area contributed by atoms with Gasteiger partial charge in [0.2, 0.25) is 11.8 Å². The van der Waals surface area contributed by atoms with Crippen molar-refractivity contribution in [3.63, 3.8) is 0 Å². The number of carbonyl (C=O) groups is 2. The molecule has 1 aromatic heterocycles. The number of amides is 2. The second-order valence-corrected chi connectivity index (χ2v) is 11.1. The maximum Gasteiger partial charge on any atom is 0.416 e. The molecule has 0 fully saturated rings. The Morgan fingerprint density at radius 3 is 2.55 bits per heavy atom. The molecule has 0 aliphatic rings. The fourth-order valence-electron chi connectivity index (χ4n) is 4.67. The normalized spacial score (nSPS) is 13.0. The van der Waals surface area contributed by atoms with Crippen molar-refractivity contribution in [3.05, 3.63) is 82.4 Å². The van der Waals surface area contributed by atoms with Gasteiger partial charge in [-0.05, 0) is 48.2 Å². The van der Waals surface area contributed by atoms with Crippen molar-refractivity contribution in [2.45, 2.75) is 37.3 Å². The van der Waals surface area contributed by atoms with Gasteiger partial charge in [0.15, 0.2) is 0 Å².